The SMILES string of the molecule is C=CC(=O)O.CCCCOF. The Labute approximate surface area is 65.4 Å². The highest BCUT2D eigenvalue weighted by Gasteiger charge is 1.78. The number of rotatable bonds is 4. The predicted molar refractivity (Wildman–Crippen MR) is 39.8 cm³/mol. The maximum atomic E-state index is 10.7. The Morgan fingerprint density at radius 3 is 2.36 bits per heavy atom. The molecule has 66 valence electrons. The normalized spacial score (nSPS) is 7.82. The van der Waals surface area contributed by atoms with Crippen molar-refractivity contribution in [3.8, 4) is 0 Å². The van der Waals surface area contributed by atoms with E-state index in [1.165, 1.54) is 0 Å². The summed E-state index contributed by atoms with van der Waals surface area (Å²) in [5.74, 6) is -0.981. The molecular formula is C7H13FO3. The van der Waals surface area contributed by atoms with Crippen LogP contribution in [0, 0.1) is 0 Å². The standard InChI is InChI=1S/C4H9FO.C3H4O2/c1-2-3-4-6-5;1-2-3(4)5/h2-4H2,1H3;2H,1H2,(H,4,5). The van der Waals surface area contributed by atoms with Gasteiger partial charge in [-0.15, -0.1) is 0 Å². The third-order valence-electron chi connectivity index (χ3n) is 0.750. The van der Waals surface area contributed by atoms with Gasteiger partial charge in [0.15, 0.2) is 0 Å². The number of carboxylic acids is 1. The van der Waals surface area contributed by atoms with Crippen molar-refractivity contribution in [3.05, 3.63) is 12.7 Å². The minimum atomic E-state index is -0.981. The molecule has 0 aromatic heterocycles. The summed E-state index contributed by atoms with van der Waals surface area (Å²) in [7, 11) is 0. The number of aliphatic carboxylic acids is 1. The summed E-state index contributed by atoms with van der Waals surface area (Å²) in [5, 5.41) is 7.60. The molecule has 0 saturated carbocycles. The lowest BCUT2D eigenvalue weighted by Gasteiger charge is -1.84. The van der Waals surface area contributed by atoms with Crippen LogP contribution in [0.1, 0.15) is 19.8 Å². The molecule has 0 spiro atoms. The van der Waals surface area contributed by atoms with Crippen LogP contribution >= 0.6 is 0 Å². The number of hydrogen-bond acceptors (Lipinski definition) is 2. The van der Waals surface area contributed by atoms with E-state index in [1.54, 1.807) is 0 Å². The van der Waals surface area contributed by atoms with E-state index in [-0.39, 0.29) is 6.61 Å². The first kappa shape index (κ1) is 12.7. The second kappa shape index (κ2) is 11.8. The third kappa shape index (κ3) is 27.3. The van der Waals surface area contributed by atoms with E-state index in [0.29, 0.717) is 0 Å². The van der Waals surface area contributed by atoms with E-state index < -0.39 is 5.97 Å². The van der Waals surface area contributed by atoms with Crippen LogP contribution in [0.3, 0.4) is 0 Å². The number of carboxylic acid groups (broad SMARTS) is 1. The van der Waals surface area contributed by atoms with Gasteiger partial charge in [0.05, 0.1) is 6.61 Å². The monoisotopic (exact) mass is 164 g/mol. The van der Waals surface area contributed by atoms with E-state index in [0.717, 1.165) is 18.9 Å². The summed E-state index contributed by atoms with van der Waals surface area (Å²) in [6.07, 6.45) is 2.64. The Balaban J connectivity index is 0. The highest BCUT2D eigenvalue weighted by molar-refractivity contribution is 5.78. The van der Waals surface area contributed by atoms with Crippen molar-refractivity contribution in [3.63, 3.8) is 0 Å². The van der Waals surface area contributed by atoms with Crippen molar-refractivity contribution in [2.75, 3.05) is 6.61 Å². The molecule has 0 atom stereocenters. The molecule has 0 aliphatic heterocycles. The topological polar surface area (TPSA) is 46.5 Å². The average Bonchev–Trinajstić information content (AvgIpc) is 2.02. The molecule has 0 heterocycles. The lowest BCUT2D eigenvalue weighted by molar-refractivity contribution is -0.132. The minimum absolute atomic E-state index is 0.247. The molecular weight excluding hydrogens is 151 g/mol. The summed E-state index contributed by atoms with van der Waals surface area (Å²) in [5.41, 5.74) is 0. The zero-order chi connectivity index (χ0) is 9.11. The largest absolute Gasteiger partial charge is 0.478 e. The third-order valence-corrected chi connectivity index (χ3v) is 0.750. The Morgan fingerprint density at radius 2 is 2.27 bits per heavy atom. The summed E-state index contributed by atoms with van der Waals surface area (Å²) in [6.45, 7) is 5.19. The zero-order valence-electron chi connectivity index (χ0n) is 6.55. The number of halogens is 1. The quantitative estimate of drug-likeness (QED) is 0.510. The van der Waals surface area contributed by atoms with Crippen molar-refractivity contribution in [1.29, 1.82) is 0 Å². The Bertz CT molecular complexity index is 99.9. The summed E-state index contributed by atoms with van der Waals surface area (Å²) < 4.78 is 10.7. The lowest BCUT2D eigenvalue weighted by atomic mass is 10.4. The Morgan fingerprint density at radius 1 is 1.82 bits per heavy atom. The van der Waals surface area contributed by atoms with E-state index in [9.17, 15) is 9.32 Å². The molecule has 0 amide bonds. The van der Waals surface area contributed by atoms with Gasteiger partial charge in [0.25, 0.3) is 0 Å². The molecule has 0 radical (unpaired) electrons. The van der Waals surface area contributed by atoms with Crippen molar-refractivity contribution in [2.24, 2.45) is 0 Å². The molecule has 3 nitrogen and oxygen atoms in total. The van der Waals surface area contributed by atoms with Crippen LogP contribution < -0.4 is 0 Å². The molecule has 0 fully saturated rings. The van der Waals surface area contributed by atoms with Gasteiger partial charge in [0, 0.05) is 6.08 Å². The zero-order valence-corrected chi connectivity index (χ0v) is 6.55. The first-order chi connectivity index (χ1) is 5.18. The van der Waals surface area contributed by atoms with Gasteiger partial charge >= 0.3 is 5.97 Å². The maximum absolute atomic E-state index is 10.7. The summed E-state index contributed by atoms with van der Waals surface area (Å²) >= 11 is 0. The first-order valence-corrected chi connectivity index (χ1v) is 3.27. The van der Waals surface area contributed by atoms with Crippen LogP contribution in [0.5, 0.6) is 0 Å². The highest BCUT2D eigenvalue weighted by atomic mass is 19.3. The summed E-state index contributed by atoms with van der Waals surface area (Å²) in [6, 6.07) is 0. The minimum Gasteiger partial charge on any atom is -0.478 e. The summed E-state index contributed by atoms with van der Waals surface area (Å²) in [4.78, 5) is 12.5. The molecule has 0 aromatic carbocycles. The van der Waals surface area contributed by atoms with Crippen LogP contribution in [0.2, 0.25) is 0 Å². The second-order valence-corrected chi connectivity index (χ2v) is 1.71. The average molecular weight is 164 g/mol. The van der Waals surface area contributed by atoms with Crippen molar-refractivity contribution < 1.29 is 19.4 Å². The van der Waals surface area contributed by atoms with Crippen LogP contribution in [-0.2, 0) is 9.74 Å². The van der Waals surface area contributed by atoms with Gasteiger partial charge in [-0.25, -0.2) is 4.79 Å². The highest BCUT2D eigenvalue weighted by Crippen LogP contribution is 1.85. The molecule has 0 bridgehead atoms. The van der Waals surface area contributed by atoms with E-state index in [2.05, 4.69) is 11.5 Å². The fraction of sp³-hybridized carbons (Fsp3) is 0.571. The molecule has 0 unspecified atom stereocenters. The van der Waals surface area contributed by atoms with Gasteiger partial charge in [-0.05, 0) is 10.9 Å². The molecule has 11 heavy (non-hydrogen) atoms. The van der Waals surface area contributed by atoms with Crippen molar-refractivity contribution in [1.82, 2.24) is 0 Å². The van der Waals surface area contributed by atoms with E-state index in [1.807, 2.05) is 6.92 Å². The van der Waals surface area contributed by atoms with Gasteiger partial charge < -0.3 is 5.11 Å². The van der Waals surface area contributed by atoms with E-state index >= 15 is 0 Å². The molecule has 0 saturated heterocycles. The lowest BCUT2D eigenvalue weighted by Crippen LogP contribution is -1.82. The number of carbonyl (C=O) groups is 1. The van der Waals surface area contributed by atoms with Crippen molar-refractivity contribution in [2.45, 2.75) is 19.8 Å². The van der Waals surface area contributed by atoms with Gasteiger partial charge in [-0.1, -0.05) is 19.9 Å². The molecule has 0 aromatic rings. The molecule has 4 heteroatoms. The maximum Gasteiger partial charge on any atom is 0.327 e. The van der Waals surface area contributed by atoms with Gasteiger partial charge in [-0.3, -0.25) is 0 Å². The van der Waals surface area contributed by atoms with Gasteiger partial charge in [0.1, 0.15) is 0 Å². The first-order valence-electron chi connectivity index (χ1n) is 3.27. The number of unbranched alkanes of at least 4 members (excludes halogenated alkanes) is 1. The van der Waals surface area contributed by atoms with Crippen LogP contribution in [0.15, 0.2) is 12.7 Å². The smallest absolute Gasteiger partial charge is 0.327 e. The molecule has 0 rings (SSSR count). The fourth-order valence-corrected chi connectivity index (χ4v) is 0.199. The van der Waals surface area contributed by atoms with Crippen molar-refractivity contribution >= 4 is 5.97 Å². The van der Waals surface area contributed by atoms with Crippen LogP contribution in [-0.4, -0.2) is 17.7 Å². The Hall–Kier alpha value is -0.900. The predicted octanol–water partition coefficient (Wildman–Crippen LogP) is 1.94. The molecule has 1 N–H and O–H groups in total. The Kier molecular flexibility index (Phi) is 13.7. The van der Waals surface area contributed by atoms with Gasteiger partial charge in [-0.2, -0.15) is 4.94 Å². The fourth-order valence-electron chi connectivity index (χ4n) is 0.199. The molecule has 0 aliphatic carbocycles. The number of hydrogen-bond donors (Lipinski definition) is 1. The van der Waals surface area contributed by atoms with Gasteiger partial charge in [0.2, 0.25) is 0 Å². The van der Waals surface area contributed by atoms with Crippen LogP contribution in [0.4, 0.5) is 4.53 Å². The second-order valence-electron chi connectivity index (χ2n) is 1.71. The molecule has 0 aliphatic rings. The van der Waals surface area contributed by atoms with E-state index in [4.69, 9.17) is 5.11 Å². The van der Waals surface area contributed by atoms with Crippen LogP contribution in [0.25, 0.3) is 0 Å².